The van der Waals surface area contributed by atoms with Crippen LogP contribution in [-0.2, 0) is 0 Å². The topological polar surface area (TPSA) is 76.0 Å². The number of aromatic nitrogens is 3. The molecule has 0 aliphatic heterocycles. The Hall–Kier alpha value is -2.30. The van der Waals surface area contributed by atoms with Crippen LogP contribution in [0, 0.1) is 0 Å². The quantitative estimate of drug-likeness (QED) is 0.790. The molecule has 0 aliphatic carbocycles. The highest BCUT2D eigenvalue weighted by Crippen LogP contribution is 2.13. The third kappa shape index (κ3) is 1.96. The Morgan fingerprint density at radius 2 is 1.87 bits per heavy atom. The number of carbonyl (C=O) groups is 1. The lowest BCUT2D eigenvalue weighted by Crippen LogP contribution is -2.01. The molecule has 0 aliphatic rings. The molecule has 2 aromatic heterocycles. The van der Waals surface area contributed by atoms with E-state index in [0.717, 1.165) is 5.56 Å². The number of hydrogen-bond donors (Lipinski definition) is 1. The first-order valence-electron chi connectivity index (χ1n) is 4.23. The summed E-state index contributed by atoms with van der Waals surface area (Å²) in [5.41, 5.74) is 1.42. The third-order valence-electron chi connectivity index (χ3n) is 1.85. The van der Waals surface area contributed by atoms with E-state index >= 15 is 0 Å². The van der Waals surface area contributed by atoms with Crippen LogP contribution in [0.2, 0.25) is 0 Å². The van der Waals surface area contributed by atoms with Crippen LogP contribution in [0.5, 0.6) is 0 Å². The van der Waals surface area contributed by atoms with Gasteiger partial charge in [0.1, 0.15) is 0 Å². The van der Waals surface area contributed by atoms with Crippen molar-refractivity contribution < 1.29 is 9.90 Å². The van der Waals surface area contributed by atoms with E-state index in [1.165, 1.54) is 12.4 Å². The number of hydrogen-bond acceptors (Lipinski definition) is 4. The Balaban J connectivity index is 2.36. The highest BCUT2D eigenvalue weighted by atomic mass is 16.4. The molecule has 5 nitrogen and oxygen atoms in total. The number of rotatable bonds is 2. The minimum atomic E-state index is -1.08. The summed E-state index contributed by atoms with van der Waals surface area (Å²) in [4.78, 5) is 22.2. The van der Waals surface area contributed by atoms with Crippen LogP contribution in [0.1, 0.15) is 10.5 Å². The maximum atomic E-state index is 10.5. The average molecular weight is 201 g/mol. The van der Waals surface area contributed by atoms with Crippen molar-refractivity contribution in [1.82, 2.24) is 15.0 Å². The number of carboxylic acid groups (broad SMARTS) is 1. The van der Waals surface area contributed by atoms with Gasteiger partial charge in [0.15, 0.2) is 5.69 Å². The van der Waals surface area contributed by atoms with E-state index in [1.807, 2.05) is 0 Å². The molecule has 0 radical (unpaired) electrons. The Morgan fingerprint density at radius 3 is 2.40 bits per heavy atom. The highest BCUT2D eigenvalue weighted by Gasteiger charge is 2.05. The molecule has 2 rings (SSSR count). The molecule has 0 saturated heterocycles. The first-order valence-corrected chi connectivity index (χ1v) is 4.23. The lowest BCUT2D eigenvalue weighted by molar-refractivity contribution is 0.0690. The summed E-state index contributed by atoms with van der Waals surface area (Å²) >= 11 is 0. The van der Waals surface area contributed by atoms with E-state index in [4.69, 9.17) is 5.11 Å². The van der Waals surface area contributed by atoms with Crippen molar-refractivity contribution in [2.45, 2.75) is 0 Å². The molecule has 0 bridgehead atoms. The fraction of sp³-hybridized carbons (Fsp3) is 0. The SMILES string of the molecule is O=C(O)c1cnc(-c2ccncc2)cn1. The summed E-state index contributed by atoms with van der Waals surface area (Å²) < 4.78 is 0. The van der Waals surface area contributed by atoms with Crippen LogP contribution in [-0.4, -0.2) is 26.0 Å². The number of aromatic carboxylic acids is 1. The van der Waals surface area contributed by atoms with Crippen molar-refractivity contribution in [3.8, 4) is 11.3 Å². The minimum Gasteiger partial charge on any atom is -0.476 e. The summed E-state index contributed by atoms with van der Waals surface area (Å²) in [6.07, 6.45) is 5.95. The van der Waals surface area contributed by atoms with E-state index < -0.39 is 5.97 Å². The molecular formula is C10H7N3O2. The van der Waals surface area contributed by atoms with Crippen molar-refractivity contribution >= 4 is 5.97 Å². The molecule has 0 saturated carbocycles. The molecule has 15 heavy (non-hydrogen) atoms. The van der Waals surface area contributed by atoms with Gasteiger partial charge in [0.2, 0.25) is 0 Å². The van der Waals surface area contributed by atoms with Gasteiger partial charge in [-0.2, -0.15) is 0 Å². The van der Waals surface area contributed by atoms with Crippen LogP contribution >= 0.6 is 0 Å². The molecule has 0 spiro atoms. The average Bonchev–Trinajstić information content (AvgIpc) is 2.30. The number of pyridine rings is 1. The Bertz CT molecular complexity index is 468. The molecule has 74 valence electrons. The molecule has 0 fully saturated rings. The van der Waals surface area contributed by atoms with Gasteiger partial charge in [0.05, 0.1) is 18.1 Å². The molecule has 5 heteroatoms. The minimum absolute atomic E-state index is 0.0622. The second-order valence-electron chi connectivity index (χ2n) is 2.83. The van der Waals surface area contributed by atoms with Crippen LogP contribution in [0.15, 0.2) is 36.9 Å². The molecule has 0 aromatic carbocycles. The van der Waals surface area contributed by atoms with E-state index in [2.05, 4.69) is 15.0 Å². The molecular weight excluding hydrogens is 194 g/mol. The van der Waals surface area contributed by atoms with Gasteiger partial charge < -0.3 is 5.11 Å². The van der Waals surface area contributed by atoms with Gasteiger partial charge in [-0.25, -0.2) is 9.78 Å². The second-order valence-corrected chi connectivity index (χ2v) is 2.83. The summed E-state index contributed by atoms with van der Waals surface area (Å²) in [6.45, 7) is 0. The van der Waals surface area contributed by atoms with Gasteiger partial charge in [-0.1, -0.05) is 0 Å². The maximum absolute atomic E-state index is 10.5. The predicted octanol–water partition coefficient (Wildman–Crippen LogP) is 1.24. The maximum Gasteiger partial charge on any atom is 0.356 e. The fourth-order valence-electron chi connectivity index (χ4n) is 1.11. The van der Waals surface area contributed by atoms with Gasteiger partial charge in [-0.05, 0) is 12.1 Å². The number of nitrogens with zero attached hydrogens (tertiary/aromatic N) is 3. The third-order valence-corrected chi connectivity index (χ3v) is 1.85. The van der Waals surface area contributed by atoms with Gasteiger partial charge in [0.25, 0.3) is 0 Å². The smallest absolute Gasteiger partial charge is 0.356 e. The Labute approximate surface area is 85.5 Å². The Morgan fingerprint density at radius 1 is 1.13 bits per heavy atom. The summed E-state index contributed by atoms with van der Waals surface area (Å²) in [5.74, 6) is -1.08. The van der Waals surface area contributed by atoms with E-state index in [-0.39, 0.29) is 5.69 Å². The van der Waals surface area contributed by atoms with Crippen molar-refractivity contribution in [3.05, 3.63) is 42.6 Å². The second kappa shape index (κ2) is 3.83. The highest BCUT2D eigenvalue weighted by molar-refractivity contribution is 5.85. The first-order chi connectivity index (χ1) is 7.27. The monoisotopic (exact) mass is 201 g/mol. The molecule has 1 N–H and O–H groups in total. The van der Waals surface area contributed by atoms with Crippen LogP contribution in [0.25, 0.3) is 11.3 Å². The zero-order chi connectivity index (χ0) is 10.7. The predicted molar refractivity (Wildman–Crippen MR) is 52.2 cm³/mol. The van der Waals surface area contributed by atoms with Crippen molar-refractivity contribution in [2.75, 3.05) is 0 Å². The van der Waals surface area contributed by atoms with Gasteiger partial charge in [-0.3, -0.25) is 9.97 Å². The summed E-state index contributed by atoms with van der Waals surface area (Å²) in [6, 6.07) is 3.56. The summed E-state index contributed by atoms with van der Waals surface area (Å²) in [5, 5.41) is 8.63. The first kappa shape index (κ1) is 9.26. The van der Waals surface area contributed by atoms with Gasteiger partial charge >= 0.3 is 5.97 Å². The molecule has 0 amide bonds. The lowest BCUT2D eigenvalue weighted by Gasteiger charge is -1.99. The van der Waals surface area contributed by atoms with Crippen molar-refractivity contribution in [2.24, 2.45) is 0 Å². The van der Waals surface area contributed by atoms with Crippen molar-refractivity contribution in [3.63, 3.8) is 0 Å². The van der Waals surface area contributed by atoms with Crippen molar-refractivity contribution in [1.29, 1.82) is 0 Å². The molecule has 2 heterocycles. The van der Waals surface area contributed by atoms with Crippen LogP contribution in [0.3, 0.4) is 0 Å². The normalized spacial score (nSPS) is 9.87. The van der Waals surface area contributed by atoms with Crippen LogP contribution in [0.4, 0.5) is 0 Å². The molecule has 2 aromatic rings. The largest absolute Gasteiger partial charge is 0.476 e. The van der Waals surface area contributed by atoms with Gasteiger partial charge in [-0.15, -0.1) is 0 Å². The zero-order valence-corrected chi connectivity index (χ0v) is 7.66. The molecule has 0 unspecified atom stereocenters. The van der Waals surface area contributed by atoms with E-state index in [9.17, 15) is 4.79 Å². The van der Waals surface area contributed by atoms with Gasteiger partial charge in [0, 0.05) is 18.0 Å². The molecule has 0 atom stereocenters. The fourth-order valence-corrected chi connectivity index (χ4v) is 1.11. The van der Waals surface area contributed by atoms with E-state index in [0.29, 0.717) is 5.69 Å². The standard InChI is InChI=1S/C10H7N3O2/c14-10(15)9-6-12-8(5-13-9)7-1-3-11-4-2-7/h1-6H,(H,14,15). The van der Waals surface area contributed by atoms with Crippen LogP contribution < -0.4 is 0 Å². The van der Waals surface area contributed by atoms with E-state index in [1.54, 1.807) is 24.5 Å². The summed E-state index contributed by atoms with van der Waals surface area (Å²) in [7, 11) is 0. The lowest BCUT2D eigenvalue weighted by atomic mass is 10.2. The Kier molecular flexibility index (Phi) is 2.37. The zero-order valence-electron chi connectivity index (χ0n) is 7.66. The number of carboxylic acids is 1.